The molecule has 0 atom stereocenters. The Balaban J connectivity index is 2.97. The zero-order chi connectivity index (χ0) is 17.9. The second-order valence-corrected chi connectivity index (χ2v) is 4.34. The second kappa shape index (κ2) is 9.88. The number of hydrogen-bond donors (Lipinski definition) is 2. The number of aliphatic hydroxyl groups excluding tert-OH is 1. The van der Waals surface area contributed by atoms with Gasteiger partial charge < -0.3 is 25.1 Å². The molecule has 0 aliphatic carbocycles. The third-order valence-electron chi connectivity index (χ3n) is 2.72. The van der Waals surface area contributed by atoms with Gasteiger partial charge in [-0.3, -0.25) is 0 Å². The summed E-state index contributed by atoms with van der Waals surface area (Å²) >= 11 is 0. The molecule has 1 rings (SSSR count). The molecule has 0 bridgehead atoms. The molecule has 8 heteroatoms. The molecule has 1 aromatic carbocycles. The van der Waals surface area contributed by atoms with Crippen molar-refractivity contribution >= 4 is 18.0 Å². The maximum absolute atomic E-state index is 11.9. The Labute approximate surface area is 140 Å². The van der Waals surface area contributed by atoms with Crippen LogP contribution in [0.1, 0.15) is 19.4 Å². The molecule has 0 aliphatic rings. The molecule has 3 N–H and O–H groups in total. The van der Waals surface area contributed by atoms with Gasteiger partial charge >= 0.3 is 5.97 Å². The van der Waals surface area contributed by atoms with E-state index < -0.39 is 11.9 Å². The normalized spacial score (nSPS) is 12.7. The smallest absolute Gasteiger partial charge is 0.349 e. The first kappa shape index (κ1) is 19.0. The number of carbonyl (C=O) groups excluding carboxylic acids is 1. The van der Waals surface area contributed by atoms with Crippen LogP contribution in [0.4, 0.5) is 0 Å². The number of ether oxygens (including phenoxy) is 3. The van der Waals surface area contributed by atoms with Crippen LogP contribution in [0.3, 0.4) is 0 Å². The number of esters is 1. The molecule has 0 aromatic heterocycles. The lowest BCUT2D eigenvalue weighted by Crippen LogP contribution is -2.25. The van der Waals surface area contributed by atoms with Crippen LogP contribution in [0.15, 0.2) is 46.0 Å². The lowest BCUT2D eigenvalue weighted by atomic mass is 10.2. The SMILES string of the molecule is CCOC(=O)C(/C(N)=N/N=Cc1ccc(OC)cc1)=C(/O)OCC. The Morgan fingerprint density at radius 2 is 1.83 bits per heavy atom. The molecule has 0 saturated carbocycles. The number of rotatable bonds is 8. The topological polar surface area (TPSA) is 116 Å². The number of methoxy groups -OCH3 is 1. The van der Waals surface area contributed by atoms with Gasteiger partial charge in [-0.15, -0.1) is 5.10 Å². The average molecular weight is 335 g/mol. The van der Waals surface area contributed by atoms with Crippen molar-refractivity contribution in [1.82, 2.24) is 0 Å². The van der Waals surface area contributed by atoms with E-state index in [1.165, 1.54) is 6.21 Å². The lowest BCUT2D eigenvalue weighted by Gasteiger charge is -2.08. The summed E-state index contributed by atoms with van der Waals surface area (Å²) in [6, 6.07) is 7.07. The van der Waals surface area contributed by atoms with E-state index >= 15 is 0 Å². The number of hydrogen-bond acceptors (Lipinski definition) is 7. The fourth-order valence-electron chi connectivity index (χ4n) is 1.61. The number of nitrogens with zero attached hydrogens (tertiary/aromatic N) is 2. The van der Waals surface area contributed by atoms with Crippen LogP contribution in [-0.2, 0) is 14.3 Å². The van der Waals surface area contributed by atoms with E-state index in [0.717, 1.165) is 5.56 Å². The van der Waals surface area contributed by atoms with E-state index in [1.807, 2.05) is 0 Å². The van der Waals surface area contributed by atoms with Gasteiger partial charge in [0.2, 0.25) is 0 Å². The van der Waals surface area contributed by atoms with Crippen LogP contribution in [0, 0.1) is 0 Å². The molecule has 0 saturated heterocycles. The third-order valence-corrected chi connectivity index (χ3v) is 2.72. The van der Waals surface area contributed by atoms with Gasteiger partial charge in [-0.05, 0) is 43.7 Å². The summed E-state index contributed by atoms with van der Waals surface area (Å²) in [5.41, 5.74) is 6.09. The van der Waals surface area contributed by atoms with Crippen LogP contribution in [0.2, 0.25) is 0 Å². The van der Waals surface area contributed by atoms with Crippen LogP contribution < -0.4 is 10.5 Å². The van der Waals surface area contributed by atoms with Gasteiger partial charge in [0.1, 0.15) is 5.75 Å². The van der Waals surface area contributed by atoms with Crippen molar-refractivity contribution in [1.29, 1.82) is 0 Å². The molecule has 0 amide bonds. The molecule has 1 aromatic rings. The fraction of sp³-hybridized carbons (Fsp3) is 0.312. The van der Waals surface area contributed by atoms with Gasteiger partial charge in [-0.1, -0.05) is 0 Å². The van der Waals surface area contributed by atoms with Crippen molar-refractivity contribution in [3.8, 4) is 5.75 Å². The highest BCUT2D eigenvalue weighted by atomic mass is 16.6. The van der Waals surface area contributed by atoms with Gasteiger partial charge in [0.15, 0.2) is 11.4 Å². The number of nitrogens with two attached hydrogens (primary N) is 1. The summed E-state index contributed by atoms with van der Waals surface area (Å²) in [6.07, 6.45) is 1.44. The maximum atomic E-state index is 11.9. The van der Waals surface area contributed by atoms with Crippen LogP contribution in [0.5, 0.6) is 5.75 Å². The number of aliphatic hydroxyl groups is 1. The highest BCUT2D eigenvalue weighted by Crippen LogP contribution is 2.10. The highest BCUT2D eigenvalue weighted by Gasteiger charge is 2.22. The minimum absolute atomic E-state index is 0.115. The molecule has 0 aliphatic heterocycles. The van der Waals surface area contributed by atoms with E-state index in [2.05, 4.69) is 10.2 Å². The monoisotopic (exact) mass is 335 g/mol. The number of benzene rings is 1. The Morgan fingerprint density at radius 1 is 1.21 bits per heavy atom. The first-order chi connectivity index (χ1) is 11.5. The van der Waals surface area contributed by atoms with Crippen molar-refractivity contribution in [2.45, 2.75) is 13.8 Å². The van der Waals surface area contributed by atoms with Gasteiger partial charge in [-0.25, -0.2) is 4.79 Å². The van der Waals surface area contributed by atoms with Crippen LogP contribution in [0.25, 0.3) is 0 Å². The summed E-state index contributed by atoms with van der Waals surface area (Å²) in [5.74, 6) is -1.10. The molecule has 0 fully saturated rings. The zero-order valence-corrected chi connectivity index (χ0v) is 13.9. The third kappa shape index (κ3) is 5.64. The minimum atomic E-state index is -0.843. The van der Waals surface area contributed by atoms with E-state index in [4.69, 9.17) is 19.9 Å². The van der Waals surface area contributed by atoms with E-state index in [-0.39, 0.29) is 24.6 Å². The minimum Gasteiger partial charge on any atom is -0.497 e. The summed E-state index contributed by atoms with van der Waals surface area (Å²) in [6.45, 7) is 3.54. The summed E-state index contributed by atoms with van der Waals surface area (Å²) in [7, 11) is 1.57. The molecule has 130 valence electrons. The lowest BCUT2D eigenvalue weighted by molar-refractivity contribution is -0.138. The number of carbonyl (C=O) groups is 1. The van der Waals surface area contributed by atoms with Gasteiger partial charge in [-0.2, -0.15) is 5.10 Å². The standard InChI is InChI=1S/C16H21N3O5/c1-4-23-15(20)13(16(21)24-5-2)14(17)19-18-10-11-6-8-12(22-3)9-7-11/h6-10,20H,4-5H2,1-3H3,(H2,17,19)/b15-13-,18-10?. The van der Waals surface area contributed by atoms with Gasteiger partial charge in [0.25, 0.3) is 5.95 Å². The predicted molar refractivity (Wildman–Crippen MR) is 90.1 cm³/mol. The van der Waals surface area contributed by atoms with Crippen molar-refractivity contribution < 1.29 is 24.1 Å². The maximum Gasteiger partial charge on any atom is 0.349 e. The van der Waals surface area contributed by atoms with Crippen molar-refractivity contribution in [2.24, 2.45) is 15.9 Å². The van der Waals surface area contributed by atoms with Crippen molar-refractivity contribution in [3.05, 3.63) is 41.3 Å². The van der Waals surface area contributed by atoms with E-state index in [9.17, 15) is 9.90 Å². The quantitative estimate of drug-likeness (QED) is 0.187. The highest BCUT2D eigenvalue weighted by molar-refractivity contribution is 6.18. The summed E-state index contributed by atoms with van der Waals surface area (Å²) in [5, 5.41) is 17.3. The van der Waals surface area contributed by atoms with Crippen LogP contribution >= 0.6 is 0 Å². The second-order valence-electron chi connectivity index (χ2n) is 4.34. The van der Waals surface area contributed by atoms with Gasteiger partial charge in [0.05, 0.1) is 26.5 Å². The molecule has 0 unspecified atom stereocenters. The molecular weight excluding hydrogens is 314 g/mol. The largest absolute Gasteiger partial charge is 0.497 e. The predicted octanol–water partition coefficient (Wildman–Crippen LogP) is 1.76. The van der Waals surface area contributed by atoms with Gasteiger partial charge in [0, 0.05) is 0 Å². The molecule has 8 nitrogen and oxygen atoms in total. The van der Waals surface area contributed by atoms with E-state index in [1.54, 1.807) is 45.2 Å². The molecule has 0 spiro atoms. The molecular formula is C16H21N3O5. The Hall–Kier alpha value is -3.03. The molecule has 0 heterocycles. The van der Waals surface area contributed by atoms with Crippen LogP contribution in [-0.4, -0.2) is 43.4 Å². The Kier molecular flexibility index (Phi) is 7.83. The Bertz CT molecular complexity index is 636. The first-order valence-electron chi connectivity index (χ1n) is 7.27. The number of amidine groups is 1. The average Bonchev–Trinajstić information content (AvgIpc) is 2.56. The zero-order valence-electron chi connectivity index (χ0n) is 13.9. The fourth-order valence-corrected chi connectivity index (χ4v) is 1.61. The molecule has 24 heavy (non-hydrogen) atoms. The van der Waals surface area contributed by atoms with E-state index in [0.29, 0.717) is 5.75 Å². The Morgan fingerprint density at radius 3 is 2.38 bits per heavy atom. The first-order valence-corrected chi connectivity index (χ1v) is 7.27. The van der Waals surface area contributed by atoms with Crippen molar-refractivity contribution in [3.63, 3.8) is 0 Å². The van der Waals surface area contributed by atoms with Crippen molar-refractivity contribution in [2.75, 3.05) is 20.3 Å². The summed E-state index contributed by atoms with van der Waals surface area (Å²) in [4.78, 5) is 11.9. The summed E-state index contributed by atoms with van der Waals surface area (Å²) < 4.78 is 14.8. The molecule has 0 radical (unpaired) electrons.